The minimum absolute atomic E-state index is 0.266. The molecule has 0 atom stereocenters. The van der Waals surface area contributed by atoms with E-state index in [4.69, 9.17) is 5.21 Å². The molecule has 17 heavy (non-hydrogen) atoms. The summed E-state index contributed by atoms with van der Waals surface area (Å²) in [5.41, 5.74) is -3.88. The second kappa shape index (κ2) is 4.27. The SMILES string of the molecule is ON=C(c1cccc(C(F)(F)F)c1)C(F)(F)F. The quantitative estimate of drug-likeness (QED) is 0.355. The van der Waals surface area contributed by atoms with Crippen LogP contribution in [0.25, 0.3) is 0 Å². The Morgan fingerprint density at radius 3 is 2.06 bits per heavy atom. The van der Waals surface area contributed by atoms with Crippen LogP contribution in [0.1, 0.15) is 11.1 Å². The van der Waals surface area contributed by atoms with Crippen molar-refractivity contribution in [3.05, 3.63) is 35.4 Å². The number of alkyl halides is 6. The lowest BCUT2D eigenvalue weighted by Crippen LogP contribution is -2.24. The molecule has 0 aromatic heterocycles. The van der Waals surface area contributed by atoms with E-state index in [0.29, 0.717) is 6.07 Å². The standard InChI is InChI=1S/C9H5F6NO/c10-8(11,12)6-3-1-2-5(4-6)7(16-17)9(13,14)15/h1-4,17H. The maximum atomic E-state index is 12.3. The minimum atomic E-state index is -5.03. The first-order valence-electron chi connectivity index (χ1n) is 4.13. The molecule has 0 spiro atoms. The van der Waals surface area contributed by atoms with E-state index in [-0.39, 0.29) is 6.07 Å². The fourth-order valence-electron chi connectivity index (χ4n) is 1.12. The second-order valence-electron chi connectivity index (χ2n) is 3.02. The van der Waals surface area contributed by atoms with Gasteiger partial charge in [-0.2, -0.15) is 26.3 Å². The third-order valence-corrected chi connectivity index (χ3v) is 1.83. The van der Waals surface area contributed by atoms with Crippen LogP contribution in [0, 0.1) is 0 Å². The molecule has 0 amide bonds. The highest BCUT2D eigenvalue weighted by atomic mass is 19.4. The fourth-order valence-corrected chi connectivity index (χ4v) is 1.12. The number of halogens is 6. The van der Waals surface area contributed by atoms with Gasteiger partial charge in [-0.25, -0.2) is 0 Å². The molecule has 0 aliphatic carbocycles. The number of rotatable bonds is 1. The topological polar surface area (TPSA) is 32.6 Å². The Morgan fingerprint density at radius 2 is 1.65 bits per heavy atom. The zero-order valence-electron chi connectivity index (χ0n) is 7.97. The Morgan fingerprint density at radius 1 is 1.06 bits per heavy atom. The van der Waals surface area contributed by atoms with Gasteiger partial charge in [0.05, 0.1) is 5.56 Å². The zero-order chi connectivity index (χ0) is 13.3. The summed E-state index contributed by atoms with van der Waals surface area (Å²) in [6.45, 7) is 0. The Hall–Kier alpha value is -1.73. The van der Waals surface area contributed by atoms with Crippen molar-refractivity contribution in [1.29, 1.82) is 0 Å². The van der Waals surface area contributed by atoms with Crippen molar-refractivity contribution >= 4 is 5.71 Å². The van der Waals surface area contributed by atoms with Gasteiger partial charge in [-0.15, -0.1) is 0 Å². The molecule has 0 unspecified atom stereocenters. The third-order valence-electron chi connectivity index (χ3n) is 1.83. The van der Waals surface area contributed by atoms with Gasteiger partial charge in [0, 0.05) is 5.56 Å². The highest BCUT2D eigenvalue weighted by Crippen LogP contribution is 2.31. The van der Waals surface area contributed by atoms with E-state index in [2.05, 4.69) is 0 Å². The molecule has 1 rings (SSSR count). The van der Waals surface area contributed by atoms with Crippen molar-refractivity contribution in [1.82, 2.24) is 0 Å². The molecule has 1 aromatic rings. The monoisotopic (exact) mass is 257 g/mol. The largest absolute Gasteiger partial charge is 0.437 e. The molecule has 94 valence electrons. The van der Waals surface area contributed by atoms with E-state index < -0.39 is 29.2 Å². The first-order chi connectivity index (χ1) is 7.66. The van der Waals surface area contributed by atoms with Gasteiger partial charge >= 0.3 is 12.4 Å². The van der Waals surface area contributed by atoms with Gasteiger partial charge in [0.2, 0.25) is 0 Å². The molecule has 1 aromatic carbocycles. The van der Waals surface area contributed by atoms with Crippen molar-refractivity contribution in [2.75, 3.05) is 0 Å². The molecule has 0 saturated carbocycles. The van der Waals surface area contributed by atoms with Crippen LogP contribution < -0.4 is 0 Å². The first-order valence-corrected chi connectivity index (χ1v) is 4.13. The number of hydrogen-bond acceptors (Lipinski definition) is 2. The average Bonchev–Trinajstić information content (AvgIpc) is 2.15. The lowest BCUT2D eigenvalue weighted by Gasteiger charge is -2.11. The van der Waals surface area contributed by atoms with Crippen LogP contribution >= 0.6 is 0 Å². The van der Waals surface area contributed by atoms with Crippen LogP contribution in [0.15, 0.2) is 29.4 Å². The van der Waals surface area contributed by atoms with E-state index in [9.17, 15) is 26.3 Å². The molecule has 0 radical (unpaired) electrons. The van der Waals surface area contributed by atoms with E-state index >= 15 is 0 Å². The first kappa shape index (κ1) is 13.3. The summed E-state index contributed by atoms with van der Waals surface area (Å²) < 4.78 is 73.5. The molecule has 0 aliphatic heterocycles. The van der Waals surface area contributed by atoms with Crippen LogP contribution in [-0.4, -0.2) is 17.1 Å². The lowest BCUT2D eigenvalue weighted by atomic mass is 10.1. The van der Waals surface area contributed by atoms with Gasteiger partial charge in [0.1, 0.15) is 0 Å². The molecule has 2 nitrogen and oxygen atoms in total. The number of benzene rings is 1. The van der Waals surface area contributed by atoms with Gasteiger partial charge in [-0.05, 0) is 12.1 Å². The number of oxime groups is 1. The Labute approximate surface area is 91.2 Å². The molecular formula is C9H5F6NO. The molecule has 0 fully saturated rings. The van der Waals surface area contributed by atoms with E-state index in [0.717, 1.165) is 12.1 Å². The summed E-state index contributed by atoms with van der Waals surface area (Å²) in [4.78, 5) is 0. The van der Waals surface area contributed by atoms with Crippen molar-refractivity contribution < 1.29 is 31.5 Å². The normalized spacial score (nSPS) is 13.9. The number of hydrogen-bond donors (Lipinski definition) is 1. The molecule has 0 saturated heterocycles. The molecular weight excluding hydrogens is 252 g/mol. The van der Waals surface area contributed by atoms with Crippen molar-refractivity contribution in [2.24, 2.45) is 5.16 Å². The van der Waals surface area contributed by atoms with E-state index in [1.54, 1.807) is 0 Å². The maximum Gasteiger partial charge on any atom is 0.437 e. The smallest absolute Gasteiger partial charge is 0.410 e. The molecule has 0 bridgehead atoms. The summed E-state index contributed by atoms with van der Waals surface area (Å²) >= 11 is 0. The summed E-state index contributed by atoms with van der Waals surface area (Å²) in [7, 11) is 0. The highest BCUT2D eigenvalue weighted by Gasteiger charge is 2.39. The minimum Gasteiger partial charge on any atom is -0.410 e. The Balaban J connectivity index is 3.25. The van der Waals surface area contributed by atoms with Gasteiger partial charge in [0.25, 0.3) is 0 Å². The predicted molar refractivity (Wildman–Crippen MR) is 45.8 cm³/mol. The Kier molecular flexibility index (Phi) is 3.35. The maximum absolute atomic E-state index is 12.3. The zero-order valence-corrected chi connectivity index (χ0v) is 7.97. The average molecular weight is 257 g/mol. The van der Waals surface area contributed by atoms with Gasteiger partial charge in [-0.1, -0.05) is 17.3 Å². The Bertz CT molecular complexity index is 434. The van der Waals surface area contributed by atoms with Gasteiger partial charge < -0.3 is 5.21 Å². The third kappa shape index (κ3) is 3.11. The van der Waals surface area contributed by atoms with Gasteiger partial charge in [0.15, 0.2) is 5.71 Å². The second-order valence-corrected chi connectivity index (χ2v) is 3.02. The summed E-state index contributed by atoms with van der Waals surface area (Å²) in [5, 5.41) is 10.2. The fraction of sp³-hybridized carbons (Fsp3) is 0.222. The van der Waals surface area contributed by atoms with Gasteiger partial charge in [-0.3, -0.25) is 0 Å². The van der Waals surface area contributed by atoms with Crippen LogP contribution in [0.4, 0.5) is 26.3 Å². The summed E-state index contributed by atoms with van der Waals surface area (Å²) in [5.74, 6) is 0. The van der Waals surface area contributed by atoms with Crippen LogP contribution in [0.3, 0.4) is 0 Å². The molecule has 0 heterocycles. The van der Waals surface area contributed by atoms with Crippen LogP contribution in [-0.2, 0) is 6.18 Å². The molecule has 1 N–H and O–H groups in total. The van der Waals surface area contributed by atoms with Crippen molar-refractivity contribution in [2.45, 2.75) is 12.4 Å². The van der Waals surface area contributed by atoms with Crippen LogP contribution in [0.2, 0.25) is 0 Å². The molecule has 0 aliphatic rings. The highest BCUT2D eigenvalue weighted by molar-refractivity contribution is 6.04. The molecule has 8 heteroatoms. The number of nitrogens with zero attached hydrogens (tertiary/aromatic N) is 1. The summed E-state index contributed by atoms with van der Waals surface area (Å²) in [6.07, 6.45) is -9.79. The van der Waals surface area contributed by atoms with Crippen LogP contribution in [0.5, 0.6) is 0 Å². The van der Waals surface area contributed by atoms with Crippen molar-refractivity contribution in [3.8, 4) is 0 Å². The summed E-state index contributed by atoms with van der Waals surface area (Å²) in [6, 6.07) is 2.46. The van der Waals surface area contributed by atoms with Crippen molar-refractivity contribution in [3.63, 3.8) is 0 Å². The lowest BCUT2D eigenvalue weighted by molar-refractivity contribution is -0.137. The predicted octanol–water partition coefficient (Wildman–Crippen LogP) is 3.45. The van der Waals surface area contributed by atoms with E-state index in [1.807, 2.05) is 5.16 Å². The van der Waals surface area contributed by atoms with E-state index in [1.165, 1.54) is 0 Å².